The maximum Gasteiger partial charge on any atom is 0.420 e. The predicted molar refractivity (Wildman–Crippen MR) is 123 cm³/mol. The second-order valence-electron chi connectivity index (χ2n) is 8.15. The van der Waals surface area contributed by atoms with Crippen molar-refractivity contribution in [3.05, 3.63) is 80.5 Å². The Bertz CT molecular complexity index is 1190. The number of esters is 1. The van der Waals surface area contributed by atoms with Crippen molar-refractivity contribution in [3.63, 3.8) is 0 Å². The van der Waals surface area contributed by atoms with Crippen LogP contribution >= 0.6 is 0 Å². The third kappa shape index (κ3) is 5.61. The highest BCUT2D eigenvalue weighted by molar-refractivity contribution is 5.90. The molecule has 0 aliphatic carbocycles. The SMILES string of the molecule is CCCCCc1c(C(=O)OCc2ccccc2)oc(-c2cc(CC)c(=O)[nH]c2C)c1C(F)(F)F. The van der Waals surface area contributed by atoms with E-state index in [2.05, 4.69) is 4.98 Å². The van der Waals surface area contributed by atoms with Gasteiger partial charge in [-0.1, -0.05) is 57.0 Å². The topological polar surface area (TPSA) is 72.3 Å². The number of unbranched alkanes of at least 4 members (excludes halogenated alkanes) is 2. The van der Waals surface area contributed by atoms with E-state index in [4.69, 9.17) is 9.15 Å². The number of aromatic nitrogens is 1. The van der Waals surface area contributed by atoms with E-state index >= 15 is 0 Å². The number of aryl methyl sites for hydroxylation is 2. The van der Waals surface area contributed by atoms with E-state index in [0.29, 0.717) is 30.4 Å². The van der Waals surface area contributed by atoms with Gasteiger partial charge in [0.1, 0.15) is 17.9 Å². The number of pyridine rings is 1. The summed E-state index contributed by atoms with van der Waals surface area (Å²) in [4.78, 5) is 27.6. The molecule has 0 saturated carbocycles. The first-order valence-corrected chi connectivity index (χ1v) is 11.3. The number of hydrogen-bond acceptors (Lipinski definition) is 4. The van der Waals surface area contributed by atoms with Gasteiger partial charge in [0.05, 0.1) is 0 Å². The lowest BCUT2D eigenvalue weighted by Gasteiger charge is -2.12. The number of carbonyl (C=O) groups is 1. The Morgan fingerprint density at radius 2 is 1.82 bits per heavy atom. The van der Waals surface area contributed by atoms with Gasteiger partial charge in [-0.2, -0.15) is 13.2 Å². The van der Waals surface area contributed by atoms with Crippen molar-refractivity contribution in [1.82, 2.24) is 4.98 Å². The third-order valence-corrected chi connectivity index (χ3v) is 5.66. The van der Waals surface area contributed by atoms with Crippen molar-refractivity contribution in [3.8, 4) is 11.3 Å². The number of hydrogen-bond donors (Lipinski definition) is 1. The highest BCUT2D eigenvalue weighted by atomic mass is 19.4. The fourth-order valence-corrected chi connectivity index (χ4v) is 3.86. The summed E-state index contributed by atoms with van der Waals surface area (Å²) in [5.74, 6) is -1.88. The van der Waals surface area contributed by atoms with Crippen LogP contribution in [0.3, 0.4) is 0 Å². The van der Waals surface area contributed by atoms with Crippen molar-refractivity contribution in [2.75, 3.05) is 0 Å². The Balaban J connectivity index is 2.14. The molecule has 8 heteroatoms. The lowest BCUT2D eigenvalue weighted by Crippen LogP contribution is -2.15. The third-order valence-electron chi connectivity index (χ3n) is 5.66. The molecular weight excluding hydrogens is 447 g/mol. The molecule has 0 aliphatic rings. The number of rotatable bonds is 9. The molecule has 182 valence electrons. The number of halogens is 3. The Kier molecular flexibility index (Phi) is 8.02. The number of ether oxygens (including phenoxy) is 1. The summed E-state index contributed by atoms with van der Waals surface area (Å²) < 4.78 is 54.0. The molecule has 3 rings (SSSR count). The van der Waals surface area contributed by atoms with E-state index in [1.807, 2.05) is 13.0 Å². The zero-order chi connectivity index (χ0) is 24.9. The molecule has 0 bridgehead atoms. The molecule has 5 nitrogen and oxygen atoms in total. The van der Waals surface area contributed by atoms with Gasteiger partial charge in [-0.3, -0.25) is 4.79 Å². The van der Waals surface area contributed by atoms with E-state index in [1.165, 1.54) is 13.0 Å². The average Bonchev–Trinajstić information content (AvgIpc) is 3.18. The summed E-state index contributed by atoms with van der Waals surface area (Å²) in [6, 6.07) is 10.3. The average molecular weight is 476 g/mol. The molecule has 1 aromatic carbocycles. The number of furan rings is 1. The summed E-state index contributed by atoms with van der Waals surface area (Å²) in [6.07, 6.45) is -2.45. The quantitative estimate of drug-likeness (QED) is 0.279. The van der Waals surface area contributed by atoms with Gasteiger partial charge in [-0.15, -0.1) is 0 Å². The lowest BCUT2D eigenvalue weighted by molar-refractivity contribution is -0.137. The molecule has 2 aromatic heterocycles. The van der Waals surface area contributed by atoms with E-state index in [1.54, 1.807) is 31.2 Å². The minimum Gasteiger partial charge on any atom is -0.455 e. The second-order valence-corrected chi connectivity index (χ2v) is 8.15. The smallest absolute Gasteiger partial charge is 0.420 e. The molecule has 0 atom stereocenters. The fraction of sp³-hybridized carbons (Fsp3) is 0.385. The van der Waals surface area contributed by atoms with Crippen LogP contribution in [0.5, 0.6) is 0 Å². The van der Waals surface area contributed by atoms with E-state index in [0.717, 1.165) is 6.42 Å². The Labute approximate surface area is 196 Å². The minimum absolute atomic E-state index is 0.0188. The highest BCUT2D eigenvalue weighted by Gasteiger charge is 2.43. The molecule has 34 heavy (non-hydrogen) atoms. The van der Waals surface area contributed by atoms with Gasteiger partial charge in [0.2, 0.25) is 5.76 Å². The zero-order valence-electron chi connectivity index (χ0n) is 19.5. The number of carbonyl (C=O) groups excluding carboxylic acids is 1. The number of aromatic amines is 1. The van der Waals surface area contributed by atoms with Gasteiger partial charge in [-0.25, -0.2) is 4.79 Å². The van der Waals surface area contributed by atoms with Crippen LogP contribution in [0.1, 0.15) is 71.6 Å². The van der Waals surface area contributed by atoms with Gasteiger partial charge >= 0.3 is 12.1 Å². The summed E-state index contributed by atoms with van der Waals surface area (Å²) in [5.41, 5.74) is -0.214. The van der Waals surface area contributed by atoms with Gasteiger partial charge in [0.25, 0.3) is 5.56 Å². The van der Waals surface area contributed by atoms with Crippen LogP contribution in [0.25, 0.3) is 11.3 Å². The highest BCUT2D eigenvalue weighted by Crippen LogP contribution is 2.44. The first-order chi connectivity index (χ1) is 16.2. The monoisotopic (exact) mass is 475 g/mol. The molecule has 2 heterocycles. The molecule has 0 amide bonds. The van der Waals surface area contributed by atoms with Crippen LogP contribution in [0.15, 0.2) is 45.6 Å². The zero-order valence-corrected chi connectivity index (χ0v) is 19.5. The molecule has 0 spiro atoms. The fourth-order valence-electron chi connectivity index (χ4n) is 3.86. The maximum absolute atomic E-state index is 14.3. The Morgan fingerprint density at radius 1 is 1.12 bits per heavy atom. The van der Waals surface area contributed by atoms with Crippen LogP contribution in [-0.4, -0.2) is 11.0 Å². The maximum atomic E-state index is 14.3. The molecule has 0 unspecified atom stereocenters. The van der Waals surface area contributed by atoms with Gasteiger partial charge in [0, 0.05) is 22.4 Å². The van der Waals surface area contributed by atoms with Gasteiger partial charge in [0.15, 0.2) is 0 Å². The molecule has 0 fully saturated rings. The Morgan fingerprint density at radius 3 is 2.44 bits per heavy atom. The van der Waals surface area contributed by atoms with Gasteiger partial charge < -0.3 is 14.1 Å². The Hall–Kier alpha value is -3.29. The van der Waals surface area contributed by atoms with Crippen molar-refractivity contribution in [2.24, 2.45) is 0 Å². The summed E-state index contributed by atoms with van der Waals surface area (Å²) in [7, 11) is 0. The molecule has 1 N–H and O–H groups in total. The van der Waals surface area contributed by atoms with Crippen molar-refractivity contribution < 1.29 is 27.1 Å². The van der Waals surface area contributed by atoms with Gasteiger partial charge in [-0.05, 0) is 37.8 Å². The van der Waals surface area contributed by atoms with Crippen LogP contribution in [0, 0.1) is 6.92 Å². The summed E-state index contributed by atoms with van der Waals surface area (Å²) in [5, 5.41) is 0. The molecular formula is C26H28F3NO4. The summed E-state index contributed by atoms with van der Waals surface area (Å²) in [6.45, 7) is 5.08. The van der Waals surface area contributed by atoms with Crippen molar-refractivity contribution in [2.45, 2.75) is 65.7 Å². The number of H-pyrrole nitrogens is 1. The van der Waals surface area contributed by atoms with Crippen LogP contribution in [-0.2, 0) is 30.4 Å². The number of benzene rings is 1. The standard InChI is InChI=1S/C26H28F3NO4/c1-4-6-8-13-19-21(26(27,28)29)22(20-14-18(5-2)24(31)30-16(20)3)34-23(19)25(32)33-15-17-11-9-7-10-12-17/h7,9-12,14H,4-6,8,13,15H2,1-3H3,(H,30,31). The molecule has 0 saturated heterocycles. The van der Waals surface area contributed by atoms with Crippen LogP contribution < -0.4 is 5.56 Å². The largest absolute Gasteiger partial charge is 0.455 e. The normalized spacial score (nSPS) is 11.6. The predicted octanol–water partition coefficient (Wildman–Crippen LogP) is 6.61. The number of nitrogens with one attached hydrogen (secondary N) is 1. The first kappa shape index (κ1) is 25.3. The second kappa shape index (κ2) is 10.8. The van der Waals surface area contributed by atoms with Crippen LogP contribution in [0.4, 0.5) is 13.2 Å². The molecule has 0 aliphatic heterocycles. The minimum atomic E-state index is -4.77. The van der Waals surface area contributed by atoms with E-state index in [9.17, 15) is 22.8 Å². The van der Waals surface area contributed by atoms with E-state index < -0.39 is 29.2 Å². The summed E-state index contributed by atoms with van der Waals surface area (Å²) >= 11 is 0. The van der Waals surface area contributed by atoms with Crippen molar-refractivity contribution in [1.29, 1.82) is 0 Å². The molecule has 0 radical (unpaired) electrons. The van der Waals surface area contributed by atoms with Crippen molar-refractivity contribution >= 4 is 5.97 Å². The van der Waals surface area contributed by atoms with Crippen LogP contribution in [0.2, 0.25) is 0 Å². The van der Waals surface area contributed by atoms with E-state index in [-0.39, 0.29) is 35.4 Å². The molecule has 3 aromatic rings. The first-order valence-electron chi connectivity index (χ1n) is 11.3. The lowest BCUT2D eigenvalue weighted by atomic mass is 9.97. The number of alkyl halides is 3.